The molecule has 0 fully saturated rings. The van der Waals surface area contributed by atoms with Crippen LogP contribution in [0.5, 0.6) is 0 Å². The third-order valence-electron chi connectivity index (χ3n) is 2.23. The monoisotopic (exact) mass is 195 g/mol. The maximum Gasteiger partial charge on any atom is 0.220 e. The molecule has 0 rings (SSSR count). The van der Waals surface area contributed by atoms with Crippen LogP contribution in [-0.2, 0) is 4.79 Å². The smallest absolute Gasteiger partial charge is 0.220 e. The molecule has 1 unspecified atom stereocenters. The van der Waals surface area contributed by atoms with Crippen LogP contribution < -0.4 is 5.32 Å². The lowest BCUT2D eigenvalue weighted by atomic mass is 10.1. The van der Waals surface area contributed by atoms with Crippen molar-refractivity contribution in [3.63, 3.8) is 0 Å². The Labute approximate surface area is 87.5 Å². The number of hydrogen-bond donors (Lipinski definition) is 1. The van der Waals surface area contributed by atoms with E-state index in [-0.39, 0.29) is 11.9 Å². The summed E-state index contributed by atoms with van der Waals surface area (Å²) in [5, 5.41) is 2.95. The Bertz CT molecular complexity index is 193. The van der Waals surface area contributed by atoms with Gasteiger partial charge in [0.2, 0.25) is 5.91 Å². The van der Waals surface area contributed by atoms with Crippen LogP contribution >= 0.6 is 0 Å². The minimum absolute atomic E-state index is 0.139. The number of terminal acetylenes is 1. The van der Waals surface area contributed by atoms with Gasteiger partial charge >= 0.3 is 0 Å². The van der Waals surface area contributed by atoms with E-state index in [2.05, 4.69) is 18.2 Å². The zero-order chi connectivity index (χ0) is 10.8. The summed E-state index contributed by atoms with van der Waals surface area (Å²) in [7, 11) is 0. The summed E-state index contributed by atoms with van der Waals surface area (Å²) in [6.45, 7) is 4.17. The average Bonchev–Trinajstić information content (AvgIpc) is 2.17. The van der Waals surface area contributed by atoms with E-state index >= 15 is 0 Å². The molecule has 1 amide bonds. The lowest BCUT2D eigenvalue weighted by Crippen LogP contribution is -2.33. The molecule has 1 N–H and O–H groups in total. The molecule has 1 atom stereocenters. The highest BCUT2D eigenvalue weighted by atomic mass is 16.1. The number of carbonyl (C=O) groups excluding carboxylic acids is 1. The molecule has 14 heavy (non-hydrogen) atoms. The summed E-state index contributed by atoms with van der Waals surface area (Å²) in [5.41, 5.74) is 0. The second kappa shape index (κ2) is 8.62. The molecular weight excluding hydrogens is 174 g/mol. The summed E-state index contributed by atoms with van der Waals surface area (Å²) in [6.07, 6.45) is 10.6. The molecule has 0 aliphatic heterocycles. The number of amides is 1. The van der Waals surface area contributed by atoms with Crippen molar-refractivity contribution in [3.05, 3.63) is 0 Å². The van der Waals surface area contributed by atoms with Crippen molar-refractivity contribution in [2.24, 2.45) is 0 Å². The number of rotatable bonds is 7. The van der Waals surface area contributed by atoms with Crippen LogP contribution in [0, 0.1) is 12.3 Å². The van der Waals surface area contributed by atoms with E-state index in [1.165, 1.54) is 0 Å². The van der Waals surface area contributed by atoms with Crippen molar-refractivity contribution in [1.82, 2.24) is 5.32 Å². The van der Waals surface area contributed by atoms with Crippen molar-refractivity contribution in [2.45, 2.75) is 58.4 Å². The van der Waals surface area contributed by atoms with E-state index in [1.807, 2.05) is 6.92 Å². The molecular formula is C12H21NO. The number of carbonyl (C=O) groups is 1. The van der Waals surface area contributed by atoms with Gasteiger partial charge in [0.25, 0.3) is 0 Å². The fourth-order valence-electron chi connectivity index (χ4n) is 1.28. The van der Waals surface area contributed by atoms with Gasteiger partial charge in [-0.15, -0.1) is 12.3 Å². The quantitative estimate of drug-likeness (QED) is 0.491. The Kier molecular flexibility index (Phi) is 8.02. The predicted octanol–water partition coefficient (Wildman–Crippen LogP) is 2.48. The summed E-state index contributed by atoms with van der Waals surface area (Å²) in [6, 6.07) is 0.161. The highest BCUT2D eigenvalue weighted by Gasteiger charge is 2.07. The van der Waals surface area contributed by atoms with Crippen molar-refractivity contribution in [3.8, 4) is 12.3 Å². The van der Waals surface area contributed by atoms with Gasteiger partial charge in [0, 0.05) is 18.9 Å². The molecule has 0 aromatic carbocycles. The summed E-state index contributed by atoms with van der Waals surface area (Å²) < 4.78 is 0. The Balaban J connectivity index is 3.63. The molecule has 2 heteroatoms. The van der Waals surface area contributed by atoms with Gasteiger partial charge in [-0.3, -0.25) is 4.79 Å². The highest BCUT2D eigenvalue weighted by molar-refractivity contribution is 5.76. The molecule has 0 aromatic rings. The second-order valence-corrected chi connectivity index (χ2v) is 3.54. The zero-order valence-corrected chi connectivity index (χ0v) is 9.31. The van der Waals surface area contributed by atoms with Gasteiger partial charge < -0.3 is 5.32 Å². The number of hydrogen-bond acceptors (Lipinski definition) is 1. The lowest BCUT2D eigenvalue weighted by Gasteiger charge is -2.13. The fourth-order valence-corrected chi connectivity index (χ4v) is 1.28. The minimum Gasteiger partial charge on any atom is -0.352 e. The number of nitrogens with one attached hydrogen (secondary N) is 1. The molecule has 80 valence electrons. The van der Waals surface area contributed by atoms with E-state index in [0.29, 0.717) is 12.8 Å². The van der Waals surface area contributed by atoms with E-state index in [9.17, 15) is 4.79 Å². The first kappa shape index (κ1) is 13.0. The van der Waals surface area contributed by atoms with E-state index in [1.54, 1.807) is 0 Å². The molecule has 0 aromatic heterocycles. The summed E-state index contributed by atoms with van der Waals surface area (Å²) in [4.78, 5) is 11.4. The average molecular weight is 195 g/mol. The molecule has 0 heterocycles. The van der Waals surface area contributed by atoms with Crippen LogP contribution in [0.2, 0.25) is 0 Å². The summed E-state index contributed by atoms with van der Waals surface area (Å²) in [5.74, 6) is 2.72. The molecule has 2 nitrogen and oxygen atoms in total. The normalized spacial score (nSPS) is 11.8. The van der Waals surface area contributed by atoms with Gasteiger partial charge in [0.1, 0.15) is 0 Å². The zero-order valence-electron chi connectivity index (χ0n) is 9.31. The van der Waals surface area contributed by atoms with Crippen LogP contribution in [0.1, 0.15) is 52.4 Å². The maximum absolute atomic E-state index is 11.4. The van der Waals surface area contributed by atoms with Crippen LogP contribution in [0.3, 0.4) is 0 Å². The SMILES string of the molecule is C#CCC(CC)NC(=O)CCCCC. The fraction of sp³-hybridized carbons (Fsp3) is 0.750. The maximum atomic E-state index is 11.4. The Morgan fingerprint density at radius 2 is 2.14 bits per heavy atom. The van der Waals surface area contributed by atoms with Crippen LogP contribution in [-0.4, -0.2) is 11.9 Å². The third kappa shape index (κ3) is 6.54. The van der Waals surface area contributed by atoms with Crippen LogP contribution in [0.25, 0.3) is 0 Å². The molecule has 0 spiro atoms. The van der Waals surface area contributed by atoms with E-state index in [0.717, 1.165) is 25.7 Å². The van der Waals surface area contributed by atoms with Gasteiger partial charge in [-0.1, -0.05) is 26.7 Å². The second-order valence-electron chi connectivity index (χ2n) is 3.54. The Morgan fingerprint density at radius 3 is 2.64 bits per heavy atom. The third-order valence-corrected chi connectivity index (χ3v) is 2.23. The van der Waals surface area contributed by atoms with Gasteiger partial charge in [0.05, 0.1) is 0 Å². The Hall–Kier alpha value is -0.970. The largest absolute Gasteiger partial charge is 0.352 e. The van der Waals surface area contributed by atoms with Crippen molar-refractivity contribution < 1.29 is 4.79 Å². The van der Waals surface area contributed by atoms with E-state index < -0.39 is 0 Å². The van der Waals surface area contributed by atoms with Crippen molar-refractivity contribution in [1.29, 1.82) is 0 Å². The predicted molar refractivity (Wildman–Crippen MR) is 59.8 cm³/mol. The lowest BCUT2D eigenvalue weighted by molar-refractivity contribution is -0.121. The molecule has 0 saturated heterocycles. The summed E-state index contributed by atoms with van der Waals surface area (Å²) >= 11 is 0. The number of unbranched alkanes of at least 4 members (excludes halogenated alkanes) is 2. The van der Waals surface area contributed by atoms with Gasteiger partial charge in [0.15, 0.2) is 0 Å². The standard InChI is InChI=1S/C12H21NO/c1-4-7-8-10-12(14)13-11(6-3)9-5-2/h2,11H,4,6-10H2,1,3H3,(H,13,14). The van der Waals surface area contributed by atoms with Gasteiger partial charge in [-0.05, 0) is 12.8 Å². The first-order valence-corrected chi connectivity index (χ1v) is 5.47. The Morgan fingerprint density at radius 1 is 1.43 bits per heavy atom. The molecule has 0 aliphatic rings. The highest BCUT2D eigenvalue weighted by Crippen LogP contribution is 2.01. The van der Waals surface area contributed by atoms with Crippen LogP contribution in [0.4, 0.5) is 0 Å². The first-order valence-electron chi connectivity index (χ1n) is 5.47. The van der Waals surface area contributed by atoms with Gasteiger partial charge in [-0.2, -0.15) is 0 Å². The molecule has 0 bridgehead atoms. The van der Waals surface area contributed by atoms with E-state index in [4.69, 9.17) is 6.42 Å². The topological polar surface area (TPSA) is 29.1 Å². The van der Waals surface area contributed by atoms with Crippen molar-refractivity contribution >= 4 is 5.91 Å². The van der Waals surface area contributed by atoms with Gasteiger partial charge in [-0.25, -0.2) is 0 Å². The minimum atomic E-state index is 0.139. The molecule has 0 saturated carbocycles. The first-order chi connectivity index (χ1) is 6.74. The molecule has 0 radical (unpaired) electrons. The molecule has 0 aliphatic carbocycles. The van der Waals surface area contributed by atoms with Crippen LogP contribution in [0.15, 0.2) is 0 Å². The van der Waals surface area contributed by atoms with Crippen molar-refractivity contribution in [2.75, 3.05) is 0 Å².